The van der Waals surface area contributed by atoms with E-state index in [0.29, 0.717) is 6.42 Å². The van der Waals surface area contributed by atoms with Crippen molar-refractivity contribution in [3.8, 4) is 0 Å². The van der Waals surface area contributed by atoms with Crippen LogP contribution in [0.3, 0.4) is 0 Å². The first-order chi connectivity index (χ1) is 4.47. The molecule has 0 aromatic rings. The molecule has 1 aliphatic rings. The molecule has 5 heteroatoms. The molecule has 0 saturated heterocycles. The van der Waals surface area contributed by atoms with Crippen molar-refractivity contribution < 1.29 is 12.6 Å². The van der Waals surface area contributed by atoms with E-state index in [1.807, 2.05) is 6.92 Å². The van der Waals surface area contributed by atoms with Crippen molar-refractivity contribution in [1.29, 1.82) is 0 Å². The minimum atomic E-state index is -3.73. The van der Waals surface area contributed by atoms with Crippen molar-refractivity contribution >= 4 is 10.3 Å². The molecule has 60 valence electrons. The van der Waals surface area contributed by atoms with Crippen LogP contribution in [0.2, 0.25) is 0 Å². The van der Waals surface area contributed by atoms with Gasteiger partial charge in [-0.25, -0.2) is 5.14 Å². The lowest BCUT2D eigenvalue weighted by atomic mass is 10.3. The molecule has 0 aromatic heterocycles. The van der Waals surface area contributed by atoms with E-state index in [4.69, 9.17) is 0 Å². The summed E-state index contributed by atoms with van der Waals surface area (Å²) in [5.41, 5.74) is -0.437. The zero-order valence-electron chi connectivity index (χ0n) is 5.83. The van der Waals surface area contributed by atoms with E-state index in [1.165, 1.54) is 0 Å². The molecule has 0 unspecified atom stereocenters. The van der Waals surface area contributed by atoms with Crippen molar-refractivity contribution in [1.82, 2.24) is 0 Å². The molecule has 1 rings (SSSR count). The quantitative estimate of drug-likeness (QED) is 0.647. The van der Waals surface area contributed by atoms with Gasteiger partial charge in [-0.05, 0) is 19.3 Å². The minimum absolute atomic E-state index is 0.437. The fraction of sp³-hybridized carbons (Fsp3) is 1.00. The van der Waals surface area contributed by atoms with Gasteiger partial charge in [-0.2, -0.15) is 8.42 Å². The highest BCUT2D eigenvalue weighted by molar-refractivity contribution is 7.84. The SMILES string of the molecule is CCC1(OS(N)(=O)=O)CC1. The maximum Gasteiger partial charge on any atom is 0.333 e. The van der Waals surface area contributed by atoms with Gasteiger partial charge in [0.05, 0.1) is 5.60 Å². The van der Waals surface area contributed by atoms with E-state index >= 15 is 0 Å². The molecule has 1 aliphatic carbocycles. The molecule has 1 fully saturated rings. The van der Waals surface area contributed by atoms with Crippen LogP contribution in [-0.4, -0.2) is 14.0 Å². The minimum Gasteiger partial charge on any atom is -0.252 e. The molecule has 0 aromatic carbocycles. The van der Waals surface area contributed by atoms with Crippen LogP contribution in [0.1, 0.15) is 26.2 Å². The van der Waals surface area contributed by atoms with Crippen molar-refractivity contribution in [2.45, 2.75) is 31.8 Å². The Hall–Kier alpha value is -0.130. The molecule has 0 atom stereocenters. The van der Waals surface area contributed by atoms with Crippen molar-refractivity contribution in [2.24, 2.45) is 5.14 Å². The Kier molecular flexibility index (Phi) is 1.74. The molecular formula is C5H11NO3S. The van der Waals surface area contributed by atoms with Crippen LogP contribution in [0.5, 0.6) is 0 Å². The number of nitrogens with two attached hydrogens (primary N) is 1. The molecule has 1 saturated carbocycles. The fourth-order valence-electron chi connectivity index (χ4n) is 0.882. The molecule has 0 radical (unpaired) electrons. The number of rotatable bonds is 3. The van der Waals surface area contributed by atoms with E-state index in [9.17, 15) is 8.42 Å². The lowest BCUT2D eigenvalue weighted by molar-refractivity contribution is 0.183. The average molecular weight is 165 g/mol. The molecule has 4 nitrogen and oxygen atoms in total. The summed E-state index contributed by atoms with van der Waals surface area (Å²) in [5, 5.41) is 4.69. The van der Waals surface area contributed by atoms with Gasteiger partial charge in [-0.15, -0.1) is 0 Å². The van der Waals surface area contributed by atoms with Gasteiger partial charge in [0.15, 0.2) is 0 Å². The average Bonchev–Trinajstić information content (AvgIpc) is 2.45. The Balaban J connectivity index is 2.54. The molecule has 0 heterocycles. The Bertz CT molecular complexity index is 217. The van der Waals surface area contributed by atoms with Gasteiger partial charge in [-0.3, -0.25) is 4.18 Å². The van der Waals surface area contributed by atoms with Gasteiger partial charge >= 0.3 is 10.3 Å². The maximum atomic E-state index is 10.4. The molecule has 2 N–H and O–H groups in total. The summed E-state index contributed by atoms with van der Waals surface area (Å²) < 4.78 is 25.4. The van der Waals surface area contributed by atoms with Gasteiger partial charge in [0.2, 0.25) is 0 Å². The zero-order chi connectivity index (χ0) is 7.83. The summed E-state index contributed by atoms with van der Waals surface area (Å²) in [6.07, 6.45) is 2.32. The predicted octanol–water partition coefficient (Wildman–Crippen LogP) is 0.149. The topological polar surface area (TPSA) is 69.4 Å². The van der Waals surface area contributed by atoms with Crippen LogP contribution < -0.4 is 5.14 Å². The second kappa shape index (κ2) is 2.18. The molecule has 0 bridgehead atoms. The van der Waals surface area contributed by atoms with E-state index in [1.54, 1.807) is 0 Å². The highest BCUT2D eigenvalue weighted by Gasteiger charge is 2.45. The molecule has 10 heavy (non-hydrogen) atoms. The van der Waals surface area contributed by atoms with Crippen molar-refractivity contribution in [2.75, 3.05) is 0 Å². The summed E-state index contributed by atoms with van der Waals surface area (Å²) in [7, 11) is -3.73. The Morgan fingerprint density at radius 3 is 2.20 bits per heavy atom. The third kappa shape index (κ3) is 1.93. The van der Waals surface area contributed by atoms with Crippen molar-refractivity contribution in [3.63, 3.8) is 0 Å². The third-order valence-corrected chi connectivity index (χ3v) is 2.33. The fourth-order valence-corrected chi connectivity index (χ4v) is 1.66. The van der Waals surface area contributed by atoms with Crippen LogP contribution in [0.4, 0.5) is 0 Å². The molecule has 0 amide bonds. The van der Waals surface area contributed by atoms with E-state index in [0.717, 1.165) is 12.8 Å². The number of hydrogen-bond acceptors (Lipinski definition) is 3. The van der Waals surface area contributed by atoms with Gasteiger partial charge < -0.3 is 0 Å². The normalized spacial score (nSPS) is 22.6. The molecule has 0 spiro atoms. The molecule has 0 aliphatic heterocycles. The first kappa shape index (κ1) is 7.97. The second-order valence-electron chi connectivity index (χ2n) is 2.61. The van der Waals surface area contributed by atoms with Crippen LogP contribution >= 0.6 is 0 Å². The first-order valence-corrected chi connectivity index (χ1v) is 4.68. The smallest absolute Gasteiger partial charge is 0.252 e. The van der Waals surface area contributed by atoms with E-state index < -0.39 is 15.9 Å². The van der Waals surface area contributed by atoms with Crippen LogP contribution in [0, 0.1) is 0 Å². The summed E-state index contributed by atoms with van der Waals surface area (Å²) in [6.45, 7) is 1.89. The standard InChI is InChI=1S/C5H11NO3S/c1-2-5(3-4-5)9-10(6,7)8/h2-4H2,1H3,(H2,6,7,8). The Morgan fingerprint density at radius 1 is 1.60 bits per heavy atom. The zero-order valence-corrected chi connectivity index (χ0v) is 6.65. The lowest BCUT2D eigenvalue weighted by Crippen LogP contribution is -2.24. The van der Waals surface area contributed by atoms with Crippen LogP contribution in [0.15, 0.2) is 0 Å². The monoisotopic (exact) mass is 165 g/mol. The van der Waals surface area contributed by atoms with E-state index in [2.05, 4.69) is 9.32 Å². The lowest BCUT2D eigenvalue weighted by Gasteiger charge is -2.09. The summed E-state index contributed by atoms with van der Waals surface area (Å²) in [6, 6.07) is 0. The third-order valence-electron chi connectivity index (χ3n) is 1.74. The largest absolute Gasteiger partial charge is 0.333 e. The summed E-state index contributed by atoms with van der Waals surface area (Å²) in [5.74, 6) is 0. The Labute approximate surface area is 60.6 Å². The van der Waals surface area contributed by atoms with E-state index in [-0.39, 0.29) is 0 Å². The van der Waals surface area contributed by atoms with Gasteiger partial charge in [0.25, 0.3) is 0 Å². The van der Waals surface area contributed by atoms with Gasteiger partial charge in [0.1, 0.15) is 0 Å². The maximum absolute atomic E-state index is 10.4. The predicted molar refractivity (Wildman–Crippen MR) is 36.4 cm³/mol. The molecular weight excluding hydrogens is 154 g/mol. The summed E-state index contributed by atoms with van der Waals surface area (Å²) >= 11 is 0. The van der Waals surface area contributed by atoms with Gasteiger partial charge in [0, 0.05) is 0 Å². The van der Waals surface area contributed by atoms with Gasteiger partial charge in [-0.1, -0.05) is 6.92 Å². The highest BCUT2D eigenvalue weighted by Crippen LogP contribution is 2.43. The first-order valence-electron chi connectivity index (χ1n) is 3.21. The van der Waals surface area contributed by atoms with Crippen LogP contribution in [0.25, 0.3) is 0 Å². The Morgan fingerprint density at radius 2 is 2.10 bits per heavy atom. The van der Waals surface area contributed by atoms with Crippen molar-refractivity contribution in [3.05, 3.63) is 0 Å². The van der Waals surface area contributed by atoms with Crippen LogP contribution in [-0.2, 0) is 14.5 Å². The number of hydrogen-bond donors (Lipinski definition) is 1. The second-order valence-corrected chi connectivity index (χ2v) is 3.76. The highest BCUT2D eigenvalue weighted by atomic mass is 32.2. The summed E-state index contributed by atoms with van der Waals surface area (Å²) in [4.78, 5) is 0.